The normalized spacial score (nSPS) is 19.2. The van der Waals surface area contributed by atoms with E-state index in [-0.39, 0.29) is 27.1 Å². The third-order valence-corrected chi connectivity index (χ3v) is 10.5. The first-order chi connectivity index (χ1) is 15.4. The van der Waals surface area contributed by atoms with Gasteiger partial charge in [-0.05, 0) is 58.3 Å². The Bertz CT molecular complexity index is 806. The van der Waals surface area contributed by atoms with E-state index < -0.39 is 0 Å². The average molecular weight is 469 g/mol. The van der Waals surface area contributed by atoms with E-state index in [1.165, 1.54) is 31.2 Å². The summed E-state index contributed by atoms with van der Waals surface area (Å²) in [4.78, 5) is 6.83. The van der Waals surface area contributed by atoms with Gasteiger partial charge in [0.15, 0.2) is 0 Å². The summed E-state index contributed by atoms with van der Waals surface area (Å²) in [6.07, 6.45) is 6.95. The van der Waals surface area contributed by atoms with Crippen molar-refractivity contribution in [1.82, 2.24) is 4.90 Å². The lowest BCUT2D eigenvalue weighted by Crippen LogP contribution is -2.61. The second-order valence-electron chi connectivity index (χ2n) is 14.8. The smallest absolute Gasteiger partial charge is 0.0851 e. The molecule has 1 heterocycles. The molecule has 0 radical (unpaired) electrons. The molecule has 0 bridgehead atoms. The number of hydrogen-bond donors (Lipinski definition) is 0. The number of nitrogens with zero attached hydrogens (tertiary/aromatic N) is 2. The van der Waals surface area contributed by atoms with Gasteiger partial charge in [-0.2, -0.15) is 0 Å². The minimum absolute atomic E-state index is 0.0106. The van der Waals surface area contributed by atoms with E-state index in [2.05, 4.69) is 130 Å². The quantitative estimate of drug-likeness (QED) is 0.334. The molecule has 2 rings (SSSR count). The van der Waals surface area contributed by atoms with E-state index >= 15 is 0 Å². The standard InChI is InChI=1S/C32H56N2/c1-27(2,3)20-21-31(11,29(7,8)19-16-23-34-24-22-33-25-34)32(12,26-17-14-13-15-18-26)30(9,10)28(4,5)6/h13-15,17-18,25H,16,19-24H2,1-12H3. The van der Waals surface area contributed by atoms with Gasteiger partial charge in [-0.1, -0.05) is 113 Å². The number of hydrogen-bond acceptors (Lipinski definition) is 2. The molecule has 1 aliphatic heterocycles. The summed E-state index contributed by atoms with van der Waals surface area (Å²) < 4.78 is 0. The Labute approximate surface area is 213 Å². The fourth-order valence-corrected chi connectivity index (χ4v) is 6.37. The fraction of sp³-hybridized carbons (Fsp3) is 0.781. The van der Waals surface area contributed by atoms with Crippen LogP contribution in [0.25, 0.3) is 0 Å². The molecule has 0 fully saturated rings. The summed E-state index contributed by atoms with van der Waals surface area (Å²) in [6, 6.07) is 11.5. The zero-order valence-electron chi connectivity index (χ0n) is 24.8. The van der Waals surface area contributed by atoms with Crippen molar-refractivity contribution in [1.29, 1.82) is 0 Å². The van der Waals surface area contributed by atoms with Crippen molar-refractivity contribution in [3.05, 3.63) is 35.9 Å². The Morgan fingerprint density at radius 3 is 1.82 bits per heavy atom. The van der Waals surface area contributed by atoms with Gasteiger partial charge in [-0.15, -0.1) is 0 Å². The van der Waals surface area contributed by atoms with Crippen molar-refractivity contribution in [3.63, 3.8) is 0 Å². The fourth-order valence-electron chi connectivity index (χ4n) is 6.37. The van der Waals surface area contributed by atoms with Gasteiger partial charge >= 0.3 is 0 Å². The molecule has 0 saturated heterocycles. The Morgan fingerprint density at radius 2 is 1.35 bits per heavy atom. The SMILES string of the molecule is CC(C)(C)CCC(C)(C(C)(C)CCCN1C=NCC1)C(C)(c1ccccc1)C(C)(C)C(C)(C)C. The number of aliphatic imine (C=N–C) groups is 1. The average Bonchev–Trinajstić information content (AvgIpc) is 3.23. The summed E-state index contributed by atoms with van der Waals surface area (Å²) in [7, 11) is 0. The molecule has 0 saturated carbocycles. The maximum Gasteiger partial charge on any atom is 0.0851 e. The van der Waals surface area contributed by atoms with Crippen molar-refractivity contribution < 1.29 is 0 Å². The third kappa shape index (κ3) is 5.57. The minimum atomic E-state index is -0.0106. The predicted octanol–water partition coefficient (Wildman–Crippen LogP) is 9.00. The molecular weight excluding hydrogens is 412 g/mol. The van der Waals surface area contributed by atoms with Crippen molar-refractivity contribution >= 4 is 6.34 Å². The largest absolute Gasteiger partial charge is 0.361 e. The van der Waals surface area contributed by atoms with Gasteiger partial charge < -0.3 is 4.90 Å². The second kappa shape index (κ2) is 9.98. The van der Waals surface area contributed by atoms with Crippen LogP contribution in [0.4, 0.5) is 0 Å². The summed E-state index contributed by atoms with van der Waals surface area (Å²) in [6.45, 7) is 33.1. The van der Waals surface area contributed by atoms with Gasteiger partial charge in [0.25, 0.3) is 0 Å². The van der Waals surface area contributed by atoms with Crippen LogP contribution < -0.4 is 0 Å². The second-order valence-corrected chi connectivity index (χ2v) is 14.8. The van der Waals surface area contributed by atoms with E-state index in [1.807, 2.05) is 0 Å². The van der Waals surface area contributed by atoms with Crippen LogP contribution in [-0.4, -0.2) is 30.9 Å². The Morgan fingerprint density at radius 1 is 0.765 bits per heavy atom. The van der Waals surface area contributed by atoms with Gasteiger partial charge in [-0.25, -0.2) is 0 Å². The highest BCUT2D eigenvalue weighted by Crippen LogP contribution is 2.67. The molecule has 2 nitrogen and oxygen atoms in total. The van der Waals surface area contributed by atoms with Gasteiger partial charge in [0.2, 0.25) is 0 Å². The van der Waals surface area contributed by atoms with Gasteiger partial charge in [0, 0.05) is 18.5 Å². The van der Waals surface area contributed by atoms with E-state index in [0.717, 1.165) is 19.6 Å². The lowest BCUT2D eigenvalue weighted by molar-refractivity contribution is -0.115. The maximum atomic E-state index is 4.42. The molecule has 194 valence electrons. The summed E-state index contributed by atoms with van der Waals surface area (Å²) in [5.74, 6) is 0. The molecule has 0 amide bonds. The van der Waals surface area contributed by atoms with Crippen LogP contribution in [0.1, 0.15) is 114 Å². The highest BCUT2D eigenvalue weighted by atomic mass is 15.2. The third-order valence-electron chi connectivity index (χ3n) is 10.5. The first-order valence-corrected chi connectivity index (χ1v) is 13.7. The van der Waals surface area contributed by atoms with Gasteiger partial charge in [0.1, 0.15) is 0 Å². The van der Waals surface area contributed by atoms with Crippen LogP contribution in [-0.2, 0) is 5.41 Å². The van der Waals surface area contributed by atoms with Crippen molar-refractivity contribution in [3.8, 4) is 0 Å². The summed E-state index contributed by atoms with van der Waals surface area (Å²) >= 11 is 0. The highest BCUT2D eigenvalue weighted by molar-refractivity contribution is 5.56. The Balaban J connectivity index is 2.62. The van der Waals surface area contributed by atoms with E-state index in [0.29, 0.717) is 5.41 Å². The molecule has 1 aromatic carbocycles. The molecule has 0 aliphatic carbocycles. The zero-order valence-corrected chi connectivity index (χ0v) is 24.8. The molecule has 1 aliphatic rings. The molecular formula is C32H56N2. The Kier molecular flexibility index (Phi) is 8.49. The monoisotopic (exact) mass is 468 g/mol. The first kappa shape index (κ1) is 28.9. The molecule has 0 aromatic heterocycles. The lowest BCUT2D eigenvalue weighted by atomic mass is 9.38. The van der Waals surface area contributed by atoms with Crippen molar-refractivity contribution in [2.75, 3.05) is 19.6 Å². The van der Waals surface area contributed by atoms with Crippen LogP contribution >= 0.6 is 0 Å². The predicted molar refractivity (Wildman–Crippen MR) is 152 cm³/mol. The first-order valence-electron chi connectivity index (χ1n) is 13.7. The van der Waals surface area contributed by atoms with Crippen LogP contribution in [0.3, 0.4) is 0 Å². The molecule has 0 spiro atoms. The van der Waals surface area contributed by atoms with Crippen LogP contribution in [0, 0.1) is 27.1 Å². The van der Waals surface area contributed by atoms with Crippen LogP contribution in [0.15, 0.2) is 35.3 Å². The van der Waals surface area contributed by atoms with E-state index in [1.54, 1.807) is 0 Å². The highest BCUT2D eigenvalue weighted by Gasteiger charge is 2.62. The topological polar surface area (TPSA) is 15.6 Å². The lowest BCUT2D eigenvalue weighted by Gasteiger charge is -2.66. The molecule has 2 atom stereocenters. The minimum Gasteiger partial charge on any atom is -0.361 e. The molecule has 34 heavy (non-hydrogen) atoms. The Hall–Kier alpha value is -1.31. The zero-order chi connectivity index (χ0) is 26.1. The van der Waals surface area contributed by atoms with E-state index in [9.17, 15) is 0 Å². The van der Waals surface area contributed by atoms with Crippen LogP contribution in [0.2, 0.25) is 0 Å². The molecule has 1 aromatic rings. The van der Waals surface area contributed by atoms with Gasteiger partial charge in [-0.3, -0.25) is 4.99 Å². The molecule has 2 unspecified atom stereocenters. The molecule has 0 N–H and O–H groups in total. The summed E-state index contributed by atoms with van der Waals surface area (Å²) in [5, 5.41) is 0. The number of benzene rings is 1. The number of rotatable bonds is 10. The molecule has 2 heteroatoms. The van der Waals surface area contributed by atoms with Crippen molar-refractivity contribution in [2.24, 2.45) is 32.1 Å². The van der Waals surface area contributed by atoms with Crippen molar-refractivity contribution in [2.45, 2.75) is 114 Å². The maximum absolute atomic E-state index is 4.42. The van der Waals surface area contributed by atoms with E-state index in [4.69, 9.17) is 0 Å². The van der Waals surface area contributed by atoms with Gasteiger partial charge in [0.05, 0.1) is 12.9 Å². The van der Waals surface area contributed by atoms with Crippen LogP contribution in [0.5, 0.6) is 0 Å². The summed E-state index contributed by atoms with van der Waals surface area (Å²) in [5.41, 5.74) is 2.30.